The third kappa shape index (κ3) is 3.99. The van der Waals surface area contributed by atoms with Crippen molar-refractivity contribution in [3.05, 3.63) is 70.6 Å². The number of hydrazine groups is 1. The first-order valence-electron chi connectivity index (χ1n) is 10.9. The van der Waals surface area contributed by atoms with Crippen molar-refractivity contribution in [3.63, 3.8) is 0 Å². The number of halogens is 1. The third-order valence-corrected chi connectivity index (χ3v) is 7.46. The van der Waals surface area contributed by atoms with Crippen molar-refractivity contribution in [1.29, 1.82) is 0 Å². The molecule has 0 bridgehead atoms. The molecular weight excluding hydrogens is 424 g/mol. The van der Waals surface area contributed by atoms with Crippen LogP contribution in [0.4, 0.5) is 0 Å². The highest BCUT2D eigenvalue weighted by Crippen LogP contribution is 2.44. The monoisotopic (exact) mass is 451 g/mol. The van der Waals surface area contributed by atoms with Gasteiger partial charge in [0.2, 0.25) is 0 Å². The summed E-state index contributed by atoms with van der Waals surface area (Å²) in [5.41, 5.74) is 4.72. The van der Waals surface area contributed by atoms with E-state index in [-0.39, 0.29) is 16.8 Å². The first kappa shape index (κ1) is 20.9. The number of rotatable bonds is 3. The molecule has 5 rings (SSSR count). The van der Waals surface area contributed by atoms with Crippen molar-refractivity contribution in [2.45, 2.75) is 57.4 Å². The second-order valence-electron chi connectivity index (χ2n) is 9.44. The van der Waals surface area contributed by atoms with Gasteiger partial charge in [0.05, 0.1) is 28.6 Å². The summed E-state index contributed by atoms with van der Waals surface area (Å²) in [4.78, 5) is 9.76. The molecule has 6 heteroatoms. The number of imidazole rings is 1. The molecule has 2 aromatic carbocycles. The summed E-state index contributed by atoms with van der Waals surface area (Å²) in [6.07, 6.45) is 5.87. The van der Waals surface area contributed by atoms with Crippen LogP contribution in [0.2, 0.25) is 5.02 Å². The fraction of sp³-hybridized carbons (Fsp3) is 0.400. The lowest BCUT2D eigenvalue weighted by Crippen LogP contribution is -2.41. The number of hydrogen-bond donors (Lipinski definition) is 1. The van der Waals surface area contributed by atoms with Gasteiger partial charge < -0.3 is 4.98 Å². The smallest absolute Gasteiger partial charge is 0.126 e. The van der Waals surface area contributed by atoms with Crippen LogP contribution >= 0.6 is 23.4 Å². The molecule has 3 aromatic rings. The summed E-state index contributed by atoms with van der Waals surface area (Å²) in [5, 5.41) is 5.74. The maximum absolute atomic E-state index is 6.22. The number of H-pyrrole nitrogens is 1. The fourth-order valence-corrected chi connectivity index (χ4v) is 5.63. The molecule has 4 nitrogen and oxygen atoms in total. The Kier molecular flexibility index (Phi) is 5.32. The van der Waals surface area contributed by atoms with Gasteiger partial charge in [-0.1, -0.05) is 62.3 Å². The molecule has 1 fully saturated rings. The first-order valence-corrected chi connectivity index (χ1v) is 12.2. The molecule has 2 unspecified atom stereocenters. The van der Waals surface area contributed by atoms with Crippen molar-refractivity contribution < 1.29 is 0 Å². The van der Waals surface area contributed by atoms with Gasteiger partial charge in [-0.15, -0.1) is 0 Å². The normalized spacial score (nSPS) is 22.5. The van der Waals surface area contributed by atoms with E-state index in [9.17, 15) is 0 Å². The van der Waals surface area contributed by atoms with E-state index in [1.54, 1.807) is 0 Å². The highest BCUT2D eigenvalue weighted by Gasteiger charge is 2.37. The quantitative estimate of drug-likeness (QED) is 0.477. The van der Waals surface area contributed by atoms with Crippen LogP contribution in [-0.4, -0.2) is 31.9 Å². The number of nitrogens with one attached hydrogen (secondary N) is 1. The zero-order valence-electron chi connectivity index (χ0n) is 18.4. The van der Waals surface area contributed by atoms with E-state index >= 15 is 0 Å². The van der Waals surface area contributed by atoms with E-state index in [2.05, 4.69) is 73.2 Å². The molecule has 2 aliphatic heterocycles. The minimum Gasteiger partial charge on any atom is -0.341 e. The average molecular weight is 452 g/mol. The van der Waals surface area contributed by atoms with Crippen LogP contribution in [0.1, 0.15) is 63.5 Å². The predicted octanol–water partition coefficient (Wildman–Crippen LogP) is 6.76. The van der Waals surface area contributed by atoms with E-state index in [1.807, 2.05) is 30.0 Å². The van der Waals surface area contributed by atoms with Gasteiger partial charge in [-0.05, 0) is 60.6 Å². The summed E-state index contributed by atoms with van der Waals surface area (Å²) < 4.78 is 0. The zero-order chi connectivity index (χ0) is 21.8. The summed E-state index contributed by atoms with van der Waals surface area (Å²) in [5.74, 6) is 1.05. The maximum Gasteiger partial charge on any atom is 0.126 e. The van der Waals surface area contributed by atoms with Crippen molar-refractivity contribution in [2.75, 3.05) is 6.54 Å². The van der Waals surface area contributed by atoms with Gasteiger partial charge in [-0.25, -0.2) is 9.99 Å². The van der Waals surface area contributed by atoms with Gasteiger partial charge in [0.1, 0.15) is 5.82 Å². The van der Waals surface area contributed by atoms with Crippen LogP contribution in [0.5, 0.6) is 0 Å². The van der Waals surface area contributed by atoms with Crippen molar-refractivity contribution in [1.82, 2.24) is 20.0 Å². The van der Waals surface area contributed by atoms with E-state index in [4.69, 9.17) is 16.6 Å². The van der Waals surface area contributed by atoms with Crippen LogP contribution in [0.3, 0.4) is 0 Å². The summed E-state index contributed by atoms with van der Waals surface area (Å²) in [6, 6.07) is 14.9. The predicted molar refractivity (Wildman–Crippen MR) is 130 cm³/mol. The minimum atomic E-state index is 0.116. The molecule has 2 atom stereocenters. The van der Waals surface area contributed by atoms with E-state index in [0.717, 1.165) is 51.7 Å². The second kappa shape index (κ2) is 7.88. The lowest BCUT2D eigenvalue weighted by Gasteiger charge is -2.34. The maximum atomic E-state index is 6.22. The number of benzene rings is 2. The standard InChI is InChI=1S/C25H28ClN4S/c1-16-30(15-23(31-16)17-7-5-8-19(26)13-17)29-12-6-9-22(29)24-27-20-11-10-18(25(2,3)4)14-21(20)28-24/h5,7-8,10-11,13-14,16,22H,6,9,12H2,1-4H3,(H,27,28). The Balaban J connectivity index is 1.44. The number of hydrogen-bond acceptors (Lipinski definition) is 4. The number of thioether (sulfide) groups is 1. The first-order chi connectivity index (χ1) is 14.8. The molecule has 1 N–H and O–H groups in total. The Morgan fingerprint density at radius 3 is 2.81 bits per heavy atom. The molecule has 161 valence electrons. The number of aromatic amines is 1. The van der Waals surface area contributed by atoms with Crippen LogP contribution in [0.15, 0.2) is 42.5 Å². The zero-order valence-corrected chi connectivity index (χ0v) is 20.0. The van der Waals surface area contributed by atoms with Crippen LogP contribution in [-0.2, 0) is 5.41 Å². The minimum absolute atomic E-state index is 0.116. The van der Waals surface area contributed by atoms with E-state index < -0.39 is 0 Å². The molecule has 0 aliphatic carbocycles. The number of nitrogens with zero attached hydrogens (tertiary/aromatic N) is 3. The summed E-state index contributed by atoms with van der Waals surface area (Å²) >= 11 is 8.05. The van der Waals surface area contributed by atoms with Crippen LogP contribution in [0.25, 0.3) is 15.9 Å². The average Bonchev–Trinajstić information content (AvgIpc) is 3.43. The van der Waals surface area contributed by atoms with Crippen LogP contribution in [0, 0.1) is 6.20 Å². The molecule has 0 amide bonds. The largest absolute Gasteiger partial charge is 0.341 e. The summed E-state index contributed by atoms with van der Waals surface area (Å²) in [7, 11) is 0. The van der Waals surface area contributed by atoms with Gasteiger partial charge in [0.15, 0.2) is 0 Å². The van der Waals surface area contributed by atoms with Gasteiger partial charge in [0.25, 0.3) is 0 Å². The molecule has 3 heterocycles. The van der Waals surface area contributed by atoms with Crippen LogP contribution < -0.4 is 0 Å². The molecule has 0 spiro atoms. The Morgan fingerprint density at radius 1 is 1.19 bits per heavy atom. The van der Waals surface area contributed by atoms with E-state index in [0.29, 0.717) is 0 Å². The molecule has 1 saturated heterocycles. The molecule has 2 aliphatic rings. The SMILES string of the molecule is CC1SC(c2cccc(Cl)c2)=[C]N1N1CCCC1c1nc2cc(C(C)(C)C)ccc2[nH]1. The highest BCUT2D eigenvalue weighted by molar-refractivity contribution is 8.09. The van der Waals surface area contributed by atoms with Gasteiger partial charge in [-0.3, -0.25) is 5.01 Å². The van der Waals surface area contributed by atoms with Gasteiger partial charge >= 0.3 is 0 Å². The third-order valence-electron chi connectivity index (χ3n) is 6.12. The second-order valence-corrected chi connectivity index (χ2v) is 11.2. The molecule has 1 radical (unpaired) electrons. The van der Waals surface area contributed by atoms with Gasteiger partial charge in [0, 0.05) is 16.5 Å². The lowest BCUT2D eigenvalue weighted by molar-refractivity contribution is -0.00548. The molecule has 31 heavy (non-hydrogen) atoms. The number of fused-ring (bicyclic) bond motifs is 1. The Hall–Kier alpha value is -1.95. The fourth-order valence-electron chi connectivity index (χ4n) is 4.41. The topological polar surface area (TPSA) is 35.2 Å². The Labute approximate surface area is 193 Å². The lowest BCUT2D eigenvalue weighted by atomic mass is 9.87. The van der Waals surface area contributed by atoms with Crippen molar-refractivity contribution in [2.24, 2.45) is 0 Å². The molecule has 0 saturated carbocycles. The Morgan fingerprint density at radius 2 is 2.03 bits per heavy atom. The summed E-state index contributed by atoms with van der Waals surface area (Å²) in [6.45, 7) is 9.97. The van der Waals surface area contributed by atoms with Crippen molar-refractivity contribution >= 4 is 39.3 Å². The van der Waals surface area contributed by atoms with Gasteiger partial charge in [-0.2, -0.15) is 0 Å². The van der Waals surface area contributed by atoms with E-state index in [1.165, 1.54) is 5.56 Å². The molecular formula is C25H28ClN4S. The highest BCUT2D eigenvalue weighted by atomic mass is 35.5. The van der Waals surface area contributed by atoms with Crippen molar-refractivity contribution in [3.8, 4) is 0 Å². The molecule has 1 aromatic heterocycles. The Bertz CT molecular complexity index is 1150. The number of aromatic nitrogens is 2.